The molecule has 0 aliphatic rings. The summed E-state index contributed by atoms with van der Waals surface area (Å²) in [5.41, 5.74) is 0.275. The van der Waals surface area contributed by atoms with Gasteiger partial charge < -0.3 is 4.57 Å². The number of aryl methyl sites for hydroxylation is 1. The zero-order valence-corrected chi connectivity index (χ0v) is 11.8. The van der Waals surface area contributed by atoms with Gasteiger partial charge in [-0.3, -0.25) is 14.1 Å². The molecule has 2 aromatic heterocycles. The summed E-state index contributed by atoms with van der Waals surface area (Å²) >= 11 is 0. The Morgan fingerprint density at radius 3 is 2.79 bits per heavy atom. The predicted molar refractivity (Wildman–Crippen MR) is 74.1 cm³/mol. The highest BCUT2D eigenvalue weighted by atomic mass is 16.1. The molecule has 2 rings (SSSR count). The minimum absolute atomic E-state index is 0.116. The molecular formula is C13H21N5O. The molecule has 2 heterocycles. The maximum Gasteiger partial charge on any atom is 0.295 e. The topological polar surface area (TPSA) is 55.4 Å². The first-order valence-corrected chi connectivity index (χ1v) is 6.71. The van der Waals surface area contributed by atoms with E-state index in [-0.39, 0.29) is 5.56 Å². The van der Waals surface area contributed by atoms with Crippen molar-refractivity contribution in [2.45, 2.75) is 32.7 Å². The zero-order chi connectivity index (χ0) is 13.8. The second kappa shape index (κ2) is 5.97. The zero-order valence-electron chi connectivity index (χ0n) is 11.8. The van der Waals surface area contributed by atoms with Crippen LogP contribution in [-0.2, 0) is 13.6 Å². The molecule has 0 spiro atoms. The van der Waals surface area contributed by atoms with Gasteiger partial charge in [-0.05, 0) is 20.0 Å². The highest BCUT2D eigenvalue weighted by Gasteiger charge is 2.10. The fourth-order valence-corrected chi connectivity index (χ4v) is 2.08. The molecule has 0 saturated carbocycles. The van der Waals surface area contributed by atoms with Crippen LogP contribution in [0.1, 0.15) is 32.0 Å². The lowest BCUT2D eigenvalue weighted by Gasteiger charge is -2.14. The standard InChI is InChI=1S/C13H21N5O/c1-4-5-6-7-16(2)10-11-14-15-12-13(19)17(3)8-9-18(11)12/h8-9H,4-7,10H2,1-3H3. The molecule has 0 bridgehead atoms. The van der Waals surface area contributed by atoms with E-state index in [9.17, 15) is 4.79 Å². The number of hydrogen-bond acceptors (Lipinski definition) is 4. The minimum Gasteiger partial charge on any atom is -0.314 e. The maximum absolute atomic E-state index is 11.9. The van der Waals surface area contributed by atoms with Crippen molar-refractivity contribution in [1.29, 1.82) is 0 Å². The molecule has 0 fully saturated rings. The molecule has 6 heteroatoms. The van der Waals surface area contributed by atoms with Crippen molar-refractivity contribution in [1.82, 2.24) is 24.1 Å². The lowest BCUT2D eigenvalue weighted by Crippen LogP contribution is -2.22. The first-order valence-electron chi connectivity index (χ1n) is 6.71. The number of rotatable bonds is 6. The third-order valence-corrected chi connectivity index (χ3v) is 3.27. The first-order chi connectivity index (χ1) is 9.13. The third kappa shape index (κ3) is 3.01. The summed E-state index contributed by atoms with van der Waals surface area (Å²) in [6, 6.07) is 0. The van der Waals surface area contributed by atoms with Crippen molar-refractivity contribution in [3.8, 4) is 0 Å². The number of aromatic nitrogens is 4. The lowest BCUT2D eigenvalue weighted by atomic mass is 10.2. The van der Waals surface area contributed by atoms with Crippen LogP contribution in [0.2, 0.25) is 0 Å². The number of hydrogen-bond donors (Lipinski definition) is 0. The number of nitrogens with zero attached hydrogens (tertiary/aromatic N) is 5. The monoisotopic (exact) mass is 263 g/mol. The van der Waals surface area contributed by atoms with Crippen molar-refractivity contribution >= 4 is 5.65 Å². The summed E-state index contributed by atoms with van der Waals surface area (Å²) in [6.45, 7) is 3.94. The van der Waals surface area contributed by atoms with Gasteiger partial charge in [-0.2, -0.15) is 0 Å². The molecule has 0 saturated heterocycles. The molecule has 6 nitrogen and oxygen atoms in total. The van der Waals surface area contributed by atoms with Crippen LogP contribution in [0.5, 0.6) is 0 Å². The van der Waals surface area contributed by atoms with Gasteiger partial charge >= 0.3 is 0 Å². The molecule has 0 aliphatic heterocycles. The van der Waals surface area contributed by atoms with Gasteiger partial charge in [0.1, 0.15) is 0 Å². The van der Waals surface area contributed by atoms with Gasteiger partial charge in [0, 0.05) is 19.4 Å². The summed E-state index contributed by atoms with van der Waals surface area (Å²) in [5, 5.41) is 8.10. The summed E-state index contributed by atoms with van der Waals surface area (Å²) in [4.78, 5) is 14.1. The summed E-state index contributed by atoms with van der Waals surface area (Å²) in [7, 11) is 3.78. The van der Waals surface area contributed by atoms with Crippen molar-refractivity contribution in [3.05, 3.63) is 28.6 Å². The summed E-state index contributed by atoms with van der Waals surface area (Å²) in [6.07, 6.45) is 7.22. The predicted octanol–water partition coefficient (Wildman–Crippen LogP) is 1.05. The smallest absolute Gasteiger partial charge is 0.295 e. The van der Waals surface area contributed by atoms with Gasteiger partial charge in [-0.15, -0.1) is 10.2 Å². The average Bonchev–Trinajstić information content (AvgIpc) is 2.78. The molecule has 104 valence electrons. The van der Waals surface area contributed by atoms with Crippen LogP contribution in [0.3, 0.4) is 0 Å². The third-order valence-electron chi connectivity index (χ3n) is 3.27. The van der Waals surface area contributed by atoms with Crippen LogP contribution >= 0.6 is 0 Å². The van der Waals surface area contributed by atoms with Crippen molar-refractivity contribution in [2.24, 2.45) is 7.05 Å². The van der Waals surface area contributed by atoms with Crippen LogP contribution in [0, 0.1) is 0 Å². The Bertz CT molecular complexity index is 601. The van der Waals surface area contributed by atoms with Crippen LogP contribution in [0.25, 0.3) is 5.65 Å². The van der Waals surface area contributed by atoms with Crippen molar-refractivity contribution in [2.75, 3.05) is 13.6 Å². The van der Waals surface area contributed by atoms with E-state index in [4.69, 9.17) is 0 Å². The quantitative estimate of drug-likeness (QED) is 0.731. The fourth-order valence-electron chi connectivity index (χ4n) is 2.08. The van der Waals surface area contributed by atoms with E-state index in [1.165, 1.54) is 23.8 Å². The van der Waals surface area contributed by atoms with E-state index < -0.39 is 0 Å². The molecule has 0 N–H and O–H groups in total. The Hall–Kier alpha value is -1.69. The molecule has 0 amide bonds. The molecule has 0 unspecified atom stereocenters. The van der Waals surface area contributed by atoms with E-state index in [1.807, 2.05) is 6.20 Å². The molecule has 2 aromatic rings. The van der Waals surface area contributed by atoms with Gasteiger partial charge in [0.05, 0.1) is 6.54 Å². The molecule has 0 aromatic carbocycles. The van der Waals surface area contributed by atoms with Crippen LogP contribution in [-0.4, -0.2) is 37.7 Å². The number of fused-ring (bicyclic) bond motifs is 1. The number of unbranched alkanes of at least 4 members (excludes halogenated alkanes) is 2. The van der Waals surface area contributed by atoms with Crippen LogP contribution < -0.4 is 5.56 Å². The van der Waals surface area contributed by atoms with E-state index >= 15 is 0 Å². The first kappa shape index (κ1) is 13.7. The minimum atomic E-state index is -0.116. The fraction of sp³-hybridized carbons (Fsp3) is 0.615. The summed E-state index contributed by atoms with van der Waals surface area (Å²) < 4.78 is 3.29. The van der Waals surface area contributed by atoms with Gasteiger partial charge in [-0.25, -0.2) is 0 Å². The second-order valence-corrected chi connectivity index (χ2v) is 4.97. The highest BCUT2D eigenvalue weighted by Crippen LogP contribution is 2.04. The maximum atomic E-state index is 11.9. The van der Waals surface area contributed by atoms with E-state index in [1.54, 1.807) is 17.6 Å². The Balaban J connectivity index is 2.13. The van der Waals surface area contributed by atoms with E-state index in [0.29, 0.717) is 12.2 Å². The molecule has 0 atom stereocenters. The van der Waals surface area contributed by atoms with Gasteiger partial charge in [0.2, 0.25) is 5.65 Å². The Morgan fingerprint density at radius 1 is 1.26 bits per heavy atom. The largest absolute Gasteiger partial charge is 0.314 e. The lowest BCUT2D eigenvalue weighted by molar-refractivity contribution is 0.309. The Morgan fingerprint density at radius 2 is 2.05 bits per heavy atom. The molecule has 0 aliphatic carbocycles. The highest BCUT2D eigenvalue weighted by molar-refractivity contribution is 5.34. The molecular weight excluding hydrogens is 242 g/mol. The van der Waals surface area contributed by atoms with Crippen LogP contribution in [0.15, 0.2) is 17.2 Å². The average molecular weight is 263 g/mol. The van der Waals surface area contributed by atoms with Crippen molar-refractivity contribution < 1.29 is 0 Å². The normalized spacial score (nSPS) is 11.6. The van der Waals surface area contributed by atoms with Gasteiger partial charge in [-0.1, -0.05) is 19.8 Å². The Labute approximate surface area is 112 Å². The van der Waals surface area contributed by atoms with Crippen LogP contribution in [0.4, 0.5) is 0 Å². The SMILES string of the molecule is CCCCCN(C)Cc1nnc2c(=O)n(C)ccn12. The molecule has 19 heavy (non-hydrogen) atoms. The second-order valence-electron chi connectivity index (χ2n) is 4.97. The van der Waals surface area contributed by atoms with E-state index in [0.717, 1.165) is 12.4 Å². The van der Waals surface area contributed by atoms with E-state index in [2.05, 4.69) is 29.1 Å². The Kier molecular flexibility index (Phi) is 4.31. The summed E-state index contributed by atoms with van der Waals surface area (Å²) in [5.74, 6) is 0.812. The van der Waals surface area contributed by atoms with Crippen molar-refractivity contribution in [3.63, 3.8) is 0 Å². The van der Waals surface area contributed by atoms with Gasteiger partial charge in [0.25, 0.3) is 5.56 Å². The molecule has 0 radical (unpaired) electrons. The van der Waals surface area contributed by atoms with Gasteiger partial charge in [0.15, 0.2) is 5.82 Å².